The van der Waals surface area contributed by atoms with Crippen LogP contribution in [0.25, 0.3) is 10.2 Å². The van der Waals surface area contributed by atoms with E-state index in [1.807, 2.05) is 18.2 Å². The van der Waals surface area contributed by atoms with Crippen LogP contribution in [-0.2, 0) is 0 Å². The predicted molar refractivity (Wildman–Crippen MR) is 71.2 cm³/mol. The van der Waals surface area contributed by atoms with Crippen molar-refractivity contribution in [2.75, 3.05) is 0 Å². The van der Waals surface area contributed by atoms with Gasteiger partial charge in [-0.25, -0.2) is 10.4 Å². The van der Waals surface area contributed by atoms with Crippen molar-refractivity contribution in [1.82, 2.24) is 21.2 Å². The van der Waals surface area contributed by atoms with Gasteiger partial charge in [0.15, 0.2) is 0 Å². The van der Waals surface area contributed by atoms with Crippen molar-refractivity contribution in [3.8, 4) is 0 Å². The van der Waals surface area contributed by atoms with Crippen LogP contribution in [0.1, 0.15) is 23.7 Å². The highest BCUT2D eigenvalue weighted by molar-refractivity contribution is 7.16. The van der Waals surface area contributed by atoms with Gasteiger partial charge in [-0.1, -0.05) is 0 Å². The van der Waals surface area contributed by atoms with Crippen LogP contribution in [0.5, 0.6) is 0 Å². The first kappa shape index (κ1) is 11.6. The minimum Gasteiger partial charge on any atom is -0.335 e. The van der Waals surface area contributed by atoms with Gasteiger partial charge in [0.1, 0.15) is 0 Å². The van der Waals surface area contributed by atoms with E-state index in [9.17, 15) is 4.79 Å². The van der Waals surface area contributed by atoms with Crippen molar-refractivity contribution >= 4 is 27.5 Å². The van der Waals surface area contributed by atoms with Gasteiger partial charge in [0.25, 0.3) is 5.91 Å². The highest BCUT2D eigenvalue weighted by Crippen LogP contribution is 2.19. The number of hydrogen-bond acceptors (Lipinski definition) is 5. The molecule has 18 heavy (non-hydrogen) atoms. The Morgan fingerprint density at radius 3 is 3.17 bits per heavy atom. The van der Waals surface area contributed by atoms with Gasteiger partial charge in [-0.2, -0.15) is 0 Å². The molecule has 0 aliphatic carbocycles. The van der Waals surface area contributed by atoms with Crippen LogP contribution < -0.4 is 16.2 Å². The van der Waals surface area contributed by atoms with Crippen LogP contribution in [0.4, 0.5) is 0 Å². The smallest absolute Gasteiger partial charge is 0.252 e. The highest BCUT2D eigenvalue weighted by atomic mass is 32.1. The van der Waals surface area contributed by atoms with Crippen LogP contribution in [0, 0.1) is 0 Å². The maximum absolute atomic E-state index is 12.1. The number of hydrazine groups is 1. The zero-order valence-electron chi connectivity index (χ0n) is 9.93. The molecule has 94 valence electrons. The number of nitrogens with one attached hydrogen (secondary N) is 3. The summed E-state index contributed by atoms with van der Waals surface area (Å²) < 4.78 is 1.04. The van der Waals surface area contributed by atoms with Gasteiger partial charge < -0.3 is 5.32 Å². The first-order valence-corrected chi connectivity index (χ1v) is 6.75. The van der Waals surface area contributed by atoms with Gasteiger partial charge in [-0.3, -0.25) is 10.2 Å². The van der Waals surface area contributed by atoms with Crippen molar-refractivity contribution in [3.63, 3.8) is 0 Å². The number of thiazole rings is 1. The van der Waals surface area contributed by atoms with E-state index in [0.29, 0.717) is 11.6 Å². The Labute approximate surface area is 109 Å². The number of amides is 1. The topological polar surface area (TPSA) is 66.0 Å². The number of nitrogens with zero attached hydrogens (tertiary/aromatic N) is 1. The fourth-order valence-electron chi connectivity index (χ4n) is 2.05. The molecule has 2 aromatic rings. The van der Waals surface area contributed by atoms with Crippen LogP contribution in [0.15, 0.2) is 23.7 Å². The van der Waals surface area contributed by atoms with Crippen LogP contribution in [-0.4, -0.2) is 23.1 Å². The molecule has 0 spiro atoms. The van der Waals surface area contributed by atoms with Crippen molar-refractivity contribution in [2.24, 2.45) is 0 Å². The quantitative estimate of drug-likeness (QED) is 0.762. The molecule has 6 heteroatoms. The van der Waals surface area contributed by atoms with E-state index >= 15 is 0 Å². The van der Waals surface area contributed by atoms with E-state index < -0.39 is 0 Å². The number of rotatable bonds is 2. The minimum absolute atomic E-state index is 0.00958. The third-order valence-electron chi connectivity index (χ3n) is 2.99. The van der Waals surface area contributed by atoms with Crippen molar-refractivity contribution in [1.29, 1.82) is 0 Å². The molecule has 2 unspecified atom stereocenters. The first-order valence-electron chi connectivity index (χ1n) is 5.87. The van der Waals surface area contributed by atoms with Crippen molar-refractivity contribution in [2.45, 2.75) is 25.6 Å². The molecule has 3 N–H and O–H groups in total. The molecule has 1 aromatic heterocycles. The molecule has 1 aromatic carbocycles. The average Bonchev–Trinajstić information content (AvgIpc) is 2.96. The number of carbonyl (C=O) groups is 1. The zero-order valence-corrected chi connectivity index (χ0v) is 10.8. The molecule has 0 saturated carbocycles. The molecule has 5 nitrogen and oxygen atoms in total. The molecule has 2 heterocycles. The number of fused-ring (bicyclic) bond motifs is 1. The number of benzene rings is 1. The van der Waals surface area contributed by atoms with Gasteiger partial charge in [0, 0.05) is 11.6 Å². The fourth-order valence-corrected chi connectivity index (χ4v) is 2.76. The lowest BCUT2D eigenvalue weighted by molar-refractivity contribution is 0.0932. The third-order valence-corrected chi connectivity index (χ3v) is 3.78. The summed E-state index contributed by atoms with van der Waals surface area (Å²) in [5, 5.41) is 2.95. The second kappa shape index (κ2) is 4.64. The standard InChI is InChI=1S/C12H14N4OS/c1-7-4-11(16-15-7)14-12(17)8-2-3-9-10(5-8)18-6-13-9/h2-3,5-7,11,15-16H,4H2,1H3,(H,14,17). The monoisotopic (exact) mass is 262 g/mol. The van der Waals surface area contributed by atoms with Gasteiger partial charge in [0.2, 0.25) is 0 Å². The summed E-state index contributed by atoms with van der Waals surface area (Å²) in [6, 6.07) is 5.94. The lowest BCUT2D eigenvalue weighted by Crippen LogP contribution is -2.44. The summed E-state index contributed by atoms with van der Waals surface area (Å²) in [6.07, 6.45) is 0.874. The molecule has 1 amide bonds. The van der Waals surface area contributed by atoms with Crippen molar-refractivity contribution < 1.29 is 4.79 Å². The van der Waals surface area contributed by atoms with E-state index in [4.69, 9.17) is 0 Å². The van der Waals surface area contributed by atoms with Gasteiger partial charge in [-0.05, 0) is 31.5 Å². The Balaban J connectivity index is 1.75. The zero-order chi connectivity index (χ0) is 12.5. The summed E-state index contributed by atoms with van der Waals surface area (Å²) >= 11 is 1.54. The SMILES string of the molecule is CC1CC(NC(=O)c2ccc3ncsc3c2)NN1. The molecule has 0 radical (unpaired) electrons. The molecular weight excluding hydrogens is 248 g/mol. The fraction of sp³-hybridized carbons (Fsp3) is 0.333. The highest BCUT2D eigenvalue weighted by Gasteiger charge is 2.22. The van der Waals surface area contributed by atoms with E-state index in [1.165, 1.54) is 0 Å². The molecule has 1 fully saturated rings. The summed E-state index contributed by atoms with van der Waals surface area (Å²) in [7, 11) is 0. The molecule has 3 rings (SSSR count). The minimum atomic E-state index is -0.0568. The second-order valence-corrected chi connectivity index (χ2v) is 5.37. The van der Waals surface area contributed by atoms with Crippen molar-refractivity contribution in [3.05, 3.63) is 29.3 Å². The van der Waals surface area contributed by atoms with E-state index in [-0.39, 0.29) is 12.1 Å². The second-order valence-electron chi connectivity index (χ2n) is 4.49. The van der Waals surface area contributed by atoms with Crippen LogP contribution >= 0.6 is 11.3 Å². The summed E-state index contributed by atoms with van der Waals surface area (Å²) in [6.45, 7) is 2.07. The van der Waals surface area contributed by atoms with Gasteiger partial charge in [-0.15, -0.1) is 11.3 Å². The largest absolute Gasteiger partial charge is 0.335 e. The lowest BCUT2D eigenvalue weighted by atomic mass is 10.2. The maximum Gasteiger partial charge on any atom is 0.252 e. The molecule has 2 atom stereocenters. The van der Waals surface area contributed by atoms with Gasteiger partial charge in [0.05, 0.1) is 21.9 Å². The Hall–Kier alpha value is -1.50. The Kier molecular flexibility index (Phi) is 2.99. The van der Waals surface area contributed by atoms with Crippen LogP contribution in [0.2, 0.25) is 0 Å². The predicted octanol–water partition coefficient (Wildman–Crippen LogP) is 1.24. The molecule has 0 bridgehead atoms. The van der Waals surface area contributed by atoms with E-state index in [1.54, 1.807) is 16.8 Å². The summed E-state index contributed by atoms with van der Waals surface area (Å²) in [5.41, 5.74) is 9.52. The molecule has 1 aliphatic heterocycles. The summed E-state index contributed by atoms with van der Waals surface area (Å²) in [5.74, 6) is -0.0568. The van der Waals surface area contributed by atoms with Gasteiger partial charge >= 0.3 is 0 Å². The lowest BCUT2D eigenvalue weighted by Gasteiger charge is -2.11. The number of carbonyl (C=O) groups excluding carboxylic acids is 1. The molecule has 1 saturated heterocycles. The number of aromatic nitrogens is 1. The van der Waals surface area contributed by atoms with E-state index in [2.05, 4.69) is 28.1 Å². The van der Waals surface area contributed by atoms with E-state index in [0.717, 1.165) is 16.6 Å². The Bertz CT molecular complexity index is 582. The average molecular weight is 262 g/mol. The maximum atomic E-state index is 12.1. The Morgan fingerprint density at radius 2 is 2.39 bits per heavy atom. The number of hydrogen-bond donors (Lipinski definition) is 3. The first-order chi connectivity index (χ1) is 8.72. The molecule has 1 aliphatic rings. The molecular formula is C12H14N4OS. The Morgan fingerprint density at radius 1 is 1.50 bits per heavy atom. The third kappa shape index (κ3) is 2.22. The summed E-state index contributed by atoms with van der Waals surface area (Å²) in [4.78, 5) is 16.3. The normalized spacial score (nSPS) is 23.4. The van der Waals surface area contributed by atoms with Crippen LogP contribution in [0.3, 0.4) is 0 Å².